The van der Waals surface area contributed by atoms with Gasteiger partial charge in [-0.2, -0.15) is 0 Å². The lowest BCUT2D eigenvalue weighted by Crippen LogP contribution is -2.23. The fourth-order valence-corrected chi connectivity index (χ4v) is 3.99. The Hall–Kier alpha value is -2.47. The van der Waals surface area contributed by atoms with E-state index in [0.717, 1.165) is 27.2 Å². The molecule has 23 heavy (non-hydrogen) atoms. The number of rotatable bonds is 3. The van der Waals surface area contributed by atoms with Crippen LogP contribution >= 0.6 is 11.3 Å². The summed E-state index contributed by atoms with van der Waals surface area (Å²) in [4.78, 5) is 23.1. The van der Waals surface area contributed by atoms with E-state index in [4.69, 9.17) is 0 Å². The van der Waals surface area contributed by atoms with E-state index in [1.807, 2.05) is 18.2 Å². The maximum atomic E-state index is 11.2. The zero-order valence-electron chi connectivity index (χ0n) is 12.3. The van der Waals surface area contributed by atoms with Crippen molar-refractivity contribution in [3.8, 4) is 11.1 Å². The Bertz CT molecular complexity index is 863. The summed E-state index contributed by atoms with van der Waals surface area (Å²) in [5.41, 5.74) is 2.24. The number of hydrogen-bond acceptors (Lipinski definition) is 5. The Morgan fingerprint density at radius 3 is 2.83 bits per heavy atom. The number of hydrogen-bond donors (Lipinski definition) is 1. The summed E-state index contributed by atoms with van der Waals surface area (Å²) in [6.45, 7) is 1.22. The second-order valence-corrected chi connectivity index (χ2v) is 6.52. The van der Waals surface area contributed by atoms with Crippen molar-refractivity contribution in [3.63, 3.8) is 0 Å². The van der Waals surface area contributed by atoms with Crippen LogP contribution in [0.3, 0.4) is 0 Å². The van der Waals surface area contributed by atoms with Crippen LogP contribution in [0.4, 0.5) is 5.82 Å². The predicted octanol–water partition coefficient (Wildman–Crippen LogP) is 3.27. The van der Waals surface area contributed by atoms with Gasteiger partial charge in [0.1, 0.15) is 17.0 Å². The quantitative estimate of drug-likeness (QED) is 0.800. The molecule has 1 unspecified atom stereocenters. The molecule has 0 amide bonds. The lowest BCUT2D eigenvalue weighted by atomic mass is 10.1. The van der Waals surface area contributed by atoms with E-state index in [9.17, 15) is 9.90 Å². The van der Waals surface area contributed by atoms with Gasteiger partial charge in [0, 0.05) is 24.0 Å². The first-order valence-electron chi connectivity index (χ1n) is 7.49. The number of carboxylic acid groups (broad SMARTS) is 1. The summed E-state index contributed by atoms with van der Waals surface area (Å²) in [7, 11) is 0. The zero-order valence-corrected chi connectivity index (χ0v) is 13.2. The van der Waals surface area contributed by atoms with Crippen molar-refractivity contribution in [3.05, 3.63) is 42.0 Å². The van der Waals surface area contributed by atoms with Crippen LogP contribution < -0.4 is 4.90 Å². The fraction of sp³-hybridized carbons (Fsp3) is 0.235. The van der Waals surface area contributed by atoms with Crippen molar-refractivity contribution in [1.82, 2.24) is 9.97 Å². The topological polar surface area (TPSA) is 66.3 Å². The Morgan fingerprint density at radius 2 is 2.09 bits per heavy atom. The molecule has 1 aliphatic heterocycles. The number of carbonyl (C=O) groups is 1. The van der Waals surface area contributed by atoms with Gasteiger partial charge in [0.2, 0.25) is 0 Å². The van der Waals surface area contributed by atoms with Crippen molar-refractivity contribution in [2.24, 2.45) is 5.92 Å². The summed E-state index contributed by atoms with van der Waals surface area (Å²) in [6, 6.07) is 10.2. The molecule has 0 saturated carbocycles. The Kier molecular flexibility index (Phi) is 3.46. The largest absolute Gasteiger partial charge is 0.481 e. The van der Waals surface area contributed by atoms with Crippen molar-refractivity contribution in [2.75, 3.05) is 18.0 Å². The molecule has 6 heteroatoms. The average molecular weight is 325 g/mol. The fourth-order valence-electron chi connectivity index (χ4n) is 3.08. The third-order valence-corrected chi connectivity index (χ3v) is 5.16. The molecule has 116 valence electrons. The molecule has 4 rings (SSSR count). The Labute approximate surface area is 137 Å². The van der Waals surface area contributed by atoms with Crippen molar-refractivity contribution < 1.29 is 9.90 Å². The highest BCUT2D eigenvalue weighted by atomic mass is 32.1. The Morgan fingerprint density at radius 1 is 1.26 bits per heavy atom. The SMILES string of the molecule is O=C(O)C1CCN(c2ncnc3scc(-c4ccccc4)c23)C1. The van der Waals surface area contributed by atoms with E-state index in [1.165, 1.54) is 0 Å². The normalized spacial score (nSPS) is 17.7. The summed E-state index contributed by atoms with van der Waals surface area (Å²) in [5.74, 6) is -0.205. The van der Waals surface area contributed by atoms with Crippen LogP contribution in [0.25, 0.3) is 21.3 Å². The van der Waals surface area contributed by atoms with Crippen LogP contribution in [0.1, 0.15) is 6.42 Å². The number of thiophene rings is 1. The molecule has 0 radical (unpaired) electrons. The lowest BCUT2D eigenvalue weighted by Gasteiger charge is -2.18. The first-order chi connectivity index (χ1) is 11.2. The molecule has 2 aromatic heterocycles. The van der Waals surface area contributed by atoms with Gasteiger partial charge in [0.25, 0.3) is 0 Å². The molecule has 0 spiro atoms. The maximum absolute atomic E-state index is 11.2. The molecular weight excluding hydrogens is 310 g/mol. The minimum absolute atomic E-state index is 0.321. The standard InChI is InChI=1S/C17H15N3O2S/c21-17(22)12-6-7-20(8-12)15-14-13(11-4-2-1-3-5-11)9-23-16(14)19-10-18-15/h1-5,9-10,12H,6-8H2,(H,21,22). The molecule has 1 saturated heterocycles. The van der Waals surface area contributed by atoms with E-state index in [1.54, 1.807) is 17.7 Å². The van der Waals surface area contributed by atoms with Crippen LogP contribution in [0.5, 0.6) is 0 Å². The molecule has 1 fully saturated rings. The Balaban J connectivity index is 1.82. The van der Waals surface area contributed by atoms with E-state index in [-0.39, 0.29) is 5.92 Å². The van der Waals surface area contributed by atoms with Gasteiger partial charge in [-0.3, -0.25) is 4.79 Å². The number of benzene rings is 1. The molecular formula is C17H15N3O2S. The molecule has 3 aromatic rings. The summed E-state index contributed by atoms with van der Waals surface area (Å²) < 4.78 is 0. The van der Waals surface area contributed by atoms with Gasteiger partial charge < -0.3 is 10.0 Å². The number of aromatic nitrogens is 2. The van der Waals surface area contributed by atoms with Crippen molar-refractivity contribution >= 4 is 33.3 Å². The van der Waals surface area contributed by atoms with Gasteiger partial charge in [0.15, 0.2) is 0 Å². The molecule has 5 nitrogen and oxygen atoms in total. The number of anilines is 1. The molecule has 0 aliphatic carbocycles. The number of aliphatic carboxylic acids is 1. The van der Waals surface area contributed by atoms with Gasteiger partial charge >= 0.3 is 5.97 Å². The second-order valence-electron chi connectivity index (χ2n) is 5.66. The van der Waals surface area contributed by atoms with Crippen molar-refractivity contribution in [1.29, 1.82) is 0 Å². The van der Waals surface area contributed by atoms with Crippen LogP contribution in [0, 0.1) is 5.92 Å². The van der Waals surface area contributed by atoms with Gasteiger partial charge in [-0.15, -0.1) is 11.3 Å². The molecule has 1 atom stereocenters. The van der Waals surface area contributed by atoms with Crippen LogP contribution in [0.2, 0.25) is 0 Å². The summed E-state index contributed by atoms with van der Waals surface area (Å²) >= 11 is 1.59. The predicted molar refractivity (Wildman–Crippen MR) is 90.8 cm³/mol. The van der Waals surface area contributed by atoms with E-state index >= 15 is 0 Å². The first-order valence-corrected chi connectivity index (χ1v) is 8.37. The van der Waals surface area contributed by atoms with Crippen LogP contribution in [-0.2, 0) is 4.79 Å². The van der Waals surface area contributed by atoms with Gasteiger partial charge in [-0.05, 0) is 12.0 Å². The molecule has 1 aromatic carbocycles. The highest BCUT2D eigenvalue weighted by Crippen LogP contribution is 2.38. The number of fused-ring (bicyclic) bond motifs is 1. The molecule has 1 aliphatic rings. The summed E-state index contributed by atoms with van der Waals surface area (Å²) in [6.07, 6.45) is 2.22. The van der Waals surface area contributed by atoms with Gasteiger partial charge in [-0.1, -0.05) is 30.3 Å². The molecule has 3 heterocycles. The monoisotopic (exact) mass is 325 g/mol. The second kappa shape index (κ2) is 5.62. The van der Waals surface area contributed by atoms with Crippen LogP contribution in [-0.4, -0.2) is 34.1 Å². The van der Waals surface area contributed by atoms with Crippen LogP contribution in [0.15, 0.2) is 42.0 Å². The highest BCUT2D eigenvalue weighted by Gasteiger charge is 2.30. The number of nitrogens with zero attached hydrogens (tertiary/aromatic N) is 3. The van der Waals surface area contributed by atoms with E-state index in [0.29, 0.717) is 19.5 Å². The van der Waals surface area contributed by atoms with E-state index in [2.05, 4.69) is 32.4 Å². The lowest BCUT2D eigenvalue weighted by molar-refractivity contribution is -0.140. The maximum Gasteiger partial charge on any atom is 0.308 e. The number of carboxylic acids is 1. The molecule has 1 N–H and O–H groups in total. The van der Waals surface area contributed by atoms with E-state index < -0.39 is 5.97 Å². The van der Waals surface area contributed by atoms with Crippen molar-refractivity contribution in [2.45, 2.75) is 6.42 Å². The zero-order chi connectivity index (χ0) is 15.8. The van der Waals surface area contributed by atoms with Gasteiger partial charge in [-0.25, -0.2) is 9.97 Å². The third-order valence-electron chi connectivity index (χ3n) is 4.27. The molecule has 0 bridgehead atoms. The third kappa shape index (κ3) is 2.45. The minimum Gasteiger partial charge on any atom is -0.481 e. The smallest absolute Gasteiger partial charge is 0.308 e. The highest BCUT2D eigenvalue weighted by molar-refractivity contribution is 7.17. The summed E-state index contributed by atoms with van der Waals surface area (Å²) in [5, 5.41) is 12.3. The van der Waals surface area contributed by atoms with Gasteiger partial charge in [0.05, 0.1) is 11.3 Å². The average Bonchev–Trinajstić information content (AvgIpc) is 3.23. The first kappa shape index (κ1) is 14.1. The minimum atomic E-state index is -0.730.